The Morgan fingerprint density at radius 2 is 2.09 bits per heavy atom. The van der Waals surface area contributed by atoms with Crippen LogP contribution in [0.4, 0.5) is 0 Å². The van der Waals surface area contributed by atoms with Gasteiger partial charge in [0.15, 0.2) is 5.82 Å². The topological polar surface area (TPSA) is 101 Å². The first-order valence-corrected chi connectivity index (χ1v) is 10.7. The molecule has 4 aromatic heterocycles. The molecule has 1 N–H and O–H groups in total. The Morgan fingerprint density at radius 3 is 3.00 bits per heavy atom. The minimum Gasteiger partial charge on any atom is -0.380 e. The van der Waals surface area contributed by atoms with Gasteiger partial charge in [-0.15, -0.1) is 0 Å². The number of ether oxygens (including phenoxy) is 1. The van der Waals surface area contributed by atoms with Gasteiger partial charge in [-0.25, -0.2) is 19.5 Å². The number of fused-ring (bicyclic) bond motifs is 3. The normalized spacial score (nSPS) is 15.8. The maximum atomic E-state index is 13.8. The van der Waals surface area contributed by atoms with E-state index in [1.807, 2.05) is 42.6 Å². The Hall–Kier alpha value is -4.11. The molecule has 1 aliphatic rings. The van der Waals surface area contributed by atoms with E-state index in [0.29, 0.717) is 31.0 Å². The van der Waals surface area contributed by atoms with Crippen molar-refractivity contribution < 1.29 is 9.53 Å². The van der Waals surface area contributed by atoms with Crippen LogP contribution in [0, 0.1) is 0 Å². The van der Waals surface area contributed by atoms with Gasteiger partial charge < -0.3 is 14.6 Å². The average molecular weight is 439 g/mol. The quantitative estimate of drug-likeness (QED) is 0.462. The standard InChI is InChI=1S/C24H21N7O2/c1-33-13-15-6-7-20-17(11-28-31(20)12-15)24(32)30-9-8-19-21(27-14-26-19)22(30)23-25-10-16-4-2-3-5-18(16)29-23/h2-7,10-12,14,22H,8-9,13H2,1H3,(H,26,27)/t22-/m1/s1. The molecule has 164 valence electrons. The van der Waals surface area contributed by atoms with Crippen LogP contribution in [0.2, 0.25) is 0 Å². The molecule has 0 saturated carbocycles. The summed E-state index contributed by atoms with van der Waals surface area (Å²) in [4.78, 5) is 32.8. The van der Waals surface area contributed by atoms with Gasteiger partial charge in [0, 0.05) is 43.5 Å². The van der Waals surface area contributed by atoms with E-state index in [4.69, 9.17) is 9.72 Å². The van der Waals surface area contributed by atoms with Crippen LogP contribution in [0.1, 0.15) is 39.2 Å². The van der Waals surface area contributed by atoms with Crippen LogP contribution in [-0.2, 0) is 17.8 Å². The summed E-state index contributed by atoms with van der Waals surface area (Å²) in [5.41, 5.74) is 4.87. The molecule has 0 spiro atoms. The summed E-state index contributed by atoms with van der Waals surface area (Å²) in [6.07, 6.45) is 7.64. The van der Waals surface area contributed by atoms with Gasteiger partial charge in [0.05, 0.1) is 41.4 Å². The number of imidazole rings is 1. The minimum absolute atomic E-state index is 0.125. The fourth-order valence-corrected chi connectivity index (χ4v) is 4.47. The highest BCUT2D eigenvalue weighted by Gasteiger charge is 2.37. The molecule has 5 heterocycles. The Bertz CT molecular complexity index is 1490. The third-order valence-electron chi connectivity index (χ3n) is 6.06. The summed E-state index contributed by atoms with van der Waals surface area (Å²) in [6.45, 7) is 1.00. The zero-order chi connectivity index (χ0) is 22.4. The van der Waals surface area contributed by atoms with Crippen molar-refractivity contribution in [1.82, 2.24) is 34.4 Å². The van der Waals surface area contributed by atoms with E-state index < -0.39 is 6.04 Å². The summed E-state index contributed by atoms with van der Waals surface area (Å²) in [7, 11) is 1.65. The van der Waals surface area contributed by atoms with Crippen molar-refractivity contribution in [3.05, 3.63) is 89.7 Å². The number of nitrogens with zero attached hydrogens (tertiary/aromatic N) is 6. The zero-order valence-electron chi connectivity index (χ0n) is 18.0. The van der Waals surface area contributed by atoms with Gasteiger partial charge in [0.1, 0.15) is 6.04 Å². The molecule has 0 aliphatic carbocycles. The molecule has 0 fully saturated rings. The number of H-pyrrole nitrogens is 1. The van der Waals surface area contributed by atoms with Crippen LogP contribution >= 0.6 is 0 Å². The number of carbonyl (C=O) groups is 1. The maximum Gasteiger partial charge on any atom is 0.258 e. The highest BCUT2D eigenvalue weighted by molar-refractivity contribution is 6.01. The number of para-hydroxylation sites is 1. The molecule has 6 rings (SSSR count). The van der Waals surface area contributed by atoms with Gasteiger partial charge in [-0.2, -0.15) is 5.10 Å². The Balaban J connectivity index is 1.43. The number of carbonyl (C=O) groups excluding carboxylic acids is 1. The lowest BCUT2D eigenvalue weighted by Crippen LogP contribution is -2.41. The first-order valence-electron chi connectivity index (χ1n) is 10.7. The summed E-state index contributed by atoms with van der Waals surface area (Å²) in [6, 6.07) is 11.2. The second-order valence-electron chi connectivity index (χ2n) is 8.06. The van der Waals surface area contributed by atoms with E-state index in [1.165, 1.54) is 0 Å². The minimum atomic E-state index is -0.486. The van der Waals surface area contributed by atoms with Crippen molar-refractivity contribution in [1.29, 1.82) is 0 Å². The Labute approximate surface area is 189 Å². The molecule has 9 nitrogen and oxygen atoms in total. The maximum absolute atomic E-state index is 13.8. The summed E-state index contributed by atoms with van der Waals surface area (Å²) >= 11 is 0. The van der Waals surface area contributed by atoms with Gasteiger partial charge in [-0.3, -0.25) is 4.79 Å². The molecule has 1 amide bonds. The van der Waals surface area contributed by atoms with Crippen LogP contribution in [0.5, 0.6) is 0 Å². The average Bonchev–Trinajstić information content (AvgIpc) is 3.50. The number of methoxy groups -OCH3 is 1. The first kappa shape index (κ1) is 19.6. The van der Waals surface area contributed by atoms with E-state index in [2.05, 4.69) is 20.1 Å². The molecule has 5 aromatic rings. The fraction of sp³-hybridized carbons (Fsp3) is 0.208. The van der Waals surface area contributed by atoms with E-state index in [0.717, 1.165) is 33.4 Å². The van der Waals surface area contributed by atoms with Gasteiger partial charge in [-0.05, 0) is 17.7 Å². The van der Waals surface area contributed by atoms with Crippen molar-refractivity contribution in [3.63, 3.8) is 0 Å². The fourth-order valence-electron chi connectivity index (χ4n) is 4.47. The molecule has 1 atom stereocenters. The largest absolute Gasteiger partial charge is 0.380 e. The molecule has 0 radical (unpaired) electrons. The second kappa shape index (κ2) is 7.79. The molecule has 1 aliphatic heterocycles. The third kappa shape index (κ3) is 3.25. The number of rotatable bonds is 4. The predicted molar refractivity (Wildman–Crippen MR) is 121 cm³/mol. The van der Waals surface area contributed by atoms with E-state index in [-0.39, 0.29) is 5.91 Å². The molecular formula is C24H21N7O2. The number of hydrogen-bond donors (Lipinski definition) is 1. The number of aromatic amines is 1. The number of pyridine rings is 1. The second-order valence-corrected chi connectivity index (χ2v) is 8.06. The molecule has 1 aromatic carbocycles. The van der Waals surface area contributed by atoms with Gasteiger partial charge in [0.2, 0.25) is 0 Å². The SMILES string of the molecule is COCc1ccc2c(C(=O)N3CCc4[nH]cnc4[C@@H]3c3ncc4ccccc4n3)cnn2c1. The summed E-state index contributed by atoms with van der Waals surface area (Å²) in [5.74, 6) is 0.425. The highest BCUT2D eigenvalue weighted by Crippen LogP contribution is 2.33. The van der Waals surface area contributed by atoms with E-state index >= 15 is 0 Å². The smallest absolute Gasteiger partial charge is 0.258 e. The zero-order valence-corrected chi connectivity index (χ0v) is 18.0. The van der Waals surface area contributed by atoms with E-state index in [9.17, 15) is 4.79 Å². The molecule has 0 unspecified atom stereocenters. The van der Waals surface area contributed by atoms with Gasteiger partial charge in [-0.1, -0.05) is 24.3 Å². The van der Waals surface area contributed by atoms with Crippen LogP contribution in [0.25, 0.3) is 16.4 Å². The Kier molecular flexibility index (Phi) is 4.62. The number of aromatic nitrogens is 6. The van der Waals surface area contributed by atoms with Crippen LogP contribution in [0.15, 0.2) is 61.3 Å². The van der Waals surface area contributed by atoms with Gasteiger partial charge >= 0.3 is 0 Å². The highest BCUT2D eigenvalue weighted by atomic mass is 16.5. The van der Waals surface area contributed by atoms with Crippen LogP contribution in [0.3, 0.4) is 0 Å². The number of benzene rings is 1. The summed E-state index contributed by atoms with van der Waals surface area (Å²) in [5, 5.41) is 5.36. The lowest BCUT2D eigenvalue weighted by atomic mass is 10.0. The van der Waals surface area contributed by atoms with Crippen molar-refractivity contribution in [2.24, 2.45) is 0 Å². The molecule has 9 heteroatoms. The predicted octanol–water partition coefficient (Wildman–Crippen LogP) is 2.93. The lowest BCUT2D eigenvalue weighted by molar-refractivity contribution is 0.0685. The first-order chi connectivity index (χ1) is 16.2. The number of amides is 1. The monoisotopic (exact) mass is 439 g/mol. The third-order valence-corrected chi connectivity index (χ3v) is 6.06. The number of nitrogens with one attached hydrogen (secondary N) is 1. The van der Waals surface area contributed by atoms with Crippen molar-refractivity contribution in [2.75, 3.05) is 13.7 Å². The van der Waals surface area contributed by atoms with Crippen LogP contribution in [-0.4, -0.2) is 54.0 Å². The molecule has 0 bridgehead atoms. The van der Waals surface area contributed by atoms with Crippen molar-refractivity contribution in [3.8, 4) is 0 Å². The van der Waals surface area contributed by atoms with Crippen molar-refractivity contribution >= 4 is 22.3 Å². The Morgan fingerprint density at radius 1 is 1.18 bits per heavy atom. The van der Waals surface area contributed by atoms with Crippen LogP contribution < -0.4 is 0 Å². The van der Waals surface area contributed by atoms with E-state index in [1.54, 1.807) is 35.2 Å². The van der Waals surface area contributed by atoms with Gasteiger partial charge in [0.25, 0.3) is 5.91 Å². The van der Waals surface area contributed by atoms with Crippen molar-refractivity contribution in [2.45, 2.75) is 19.1 Å². The summed E-state index contributed by atoms with van der Waals surface area (Å²) < 4.78 is 6.92. The molecule has 33 heavy (non-hydrogen) atoms. The molecule has 0 saturated heterocycles. The lowest BCUT2D eigenvalue weighted by Gasteiger charge is -2.33. The number of hydrogen-bond acceptors (Lipinski definition) is 6. The molecular weight excluding hydrogens is 418 g/mol.